The molecule has 0 saturated carbocycles. The molecule has 0 unspecified atom stereocenters. The van der Waals surface area contributed by atoms with Gasteiger partial charge in [0.05, 0.1) is 0 Å². The van der Waals surface area contributed by atoms with Gasteiger partial charge in [0.1, 0.15) is 0 Å². The fourth-order valence-electron chi connectivity index (χ4n) is 11.7. The lowest BCUT2D eigenvalue weighted by molar-refractivity contribution is 0.590. The van der Waals surface area contributed by atoms with E-state index in [0.717, 1.165) is 27.2 Å². The molecule has 13 rings (SSSR count). The van der Waals surface area contributed by atoms with E-state index in [1.54, 1.807) is 0 Å². The van der Waals surface area contributed by atoms with Crippen molar-refractivity contribution in [2.75, 3.05) is 19.6 Å². The molecular formula is C62H51B2BrN4. The molecule has 0 spiro atoms. The summed E-state index contributed by atoms with van der Waals surface area (Å²) in [5.41, 5.74) is 24.5. The third-order valence-corrected chi connectivity index (χ3v) is 15.4. The fraction of sp³-hybridized carbons (Fsp3) is 0.129. The highest BCUT2D eigenvalue weighted by molar-refractivity contribution is 9.10. The fourth-order valence-corrected chi connectivity index (χ4v) is 12.1. The van der Waals surface area contributed by atoms with Gasteiger partial charge in [-0.1, -0.05) is 161 Å². The van der Waals surface area contributed by atoms with Gasteiger partial charge in [0.15, 0.2) is 0 Å². The topological polar surface area (TPSA) is 13.0 Å². The van der Waals surface area contributed by atoms with E-state index in [1.165, 1.54) is 89.4 Å². The smallest absolute Gasteiger partial charge is 0.252 e. The molecule has 0 saturated heterocycles. The molecule has 69 heavy (non-hydrogen) atoms. The summed E-state index contributed by atoms with van der Waals surface area (Å²) in [5, 5.41) is 0. The van der Waals surface area contributed by atoms with Gasteiger partial charge in [0, 0.05) is 72.7 Å². The van der Waals surface area contributed by atoms with Crippen LogP contribution < -0.4 is 52.4 Å². The number of benzene rings is 9. The molecule has 7 heteroatoms. The molecule has 0 radical (unpaired) electrons. The van der Waals surface area contributed by atoms with Gasteiger partial charge in [0.2, 0.25) is 0 Å². The molecule has 0 fully saturated rings. The number of rotatable bonds is 4. The molecule has 0 atom stereocenters. The van der Waals surface area contributed by atoms with Gasteiger partial charge in [-0.05, 0) is 152 Å². The number of halogens is 1. The zero-order chi connectivity index (χ0) is 46.9. The predicted octanol–water partition coefficient (Wildman–Crippen LogP) is 13.2. The lowest BCUT2D eigenvalue weighted by atomic mass is 9.30. The quantitative estimate of drug-likeness (QED) is 0.163. The highest BCUT2D eigenvalue weighted by Gasteiger charge is 2.49. The maximum absolute atomic E-state index is 4.00. The van der Waals surface area contributed by atoms with Gasteiger partial charge in [-0.15, -0.1) is 0 Å². The molecule has 4 nitrogen and oxygen atoms in total. The van der Waals surface area contributed by atoms with E-state index in [1.807, 2.05) is 0 Å². The van der Waals surface area contributed by atoms with Crippen molar-refractivity contribution >= 4 is 130 Å². The molecule has 0 bridgehead atoms. The molecule has 332 valence electrons. The van der Waals surface area contributed by atoms with Crippen molar-refractivity contribution in [2.45, 2.75) is 52.4 Å². The van der Waals surface area contributed by atoms with E-state index >= 15 is 0 Å². The van der Waals surface area contributed by atoms with Crippen LogP contribution in [0.4, 0.5) is 68.2 Å². The van der Waals surface area contributed by atoms with Gasteiger partial charge < -0.3 is 19.6 Å². The van der Waals surface area contributed by atoms with Gasteiger partial charge in [-0.3, -0.25) is 0 Å². The number of nitrogens with zero attached hydrogens (tertiary/aromatic N) is 4. The standard InChI is InChI=1S/C62H51B2BrN4/c1-61(2,3)40-33-55-59-57(35-40)68(45-25-15-9-16-26-45)53-39-54-50(38-49(53)63(59)47-29-19-20-30-51(47)66(55)43-21-11-7-12-22-43)64-48-37-42(65)31-32-52(48)67(44-23-13-8-14-24-44)56-34-41(62(4,5)6)36-58(60(56)64)69(54)46-27-17-10-18-28-46/h7-39H,1-6H3. The van der Waals surface area contributed by atoms with Crippen LogP contribution in [-0.4, -0.2) is 13.4 Å². The van der Waals surface area contributed by atoms with E-state index in [0.29, 0.717) is 0 Å². The molecule has 4 aliphatic rings. The van der Waals surface area contributed by atoms with Crippen molar-refractivity contribution in [1.29, 1.82) is 0 Å². The summed E-state index contributed by atoms with van der Waals surface area (Å²) in [4.78, 5) is 10.2. The molecule has 0 aromatic heterocycles. The lowest BCUT2D eigenvalue weighted by Gasteiger charge is -2.48. The van der Waals surface area contributed by atoms with E-state index < -0.39 is 0 Å². The van der Waals surface area contributed by atoms with Crippen LogP contribution in [-0.2, 0) is 10.8 Å². The summed E-state index contributed by atoms with van der Waals surface area (Å²) in [6, 6.07) is 75.2. The number of fused-ring (bicyclic) bond motifs is 8. The first kappa shape index (κ1) is 41.9. The van der Waals surface area contributed by atoms with Crippen molar-refractivity contribution in [1.82, 2.24) is 0 Å². The Morgan fingerprint density at radius 2 is 0.638 bits per heavy atom. The van der Waals surface area contributed by atoms with Crippen LogP contribution in [0.2, 0.25) is 0 Å². The maximum atomic E-state index is 4.00. The van der Waals surface area contributed by atoms with E-state index in [9.17, 15) is 0 Å². The Morgan fingerprint density at radius 1 is 0.304 bits per heavy atom. The number of para-hydroxylation sites is 5. The van der Waals surface area contributed by atoms with Crippen molar-refractivity contribution in [2.24, 2.45) is 0 Å². The van der Waals surface area contributed by atoms with Crippen LogP contribution in [0.5, 0.6) is 0 Å². The second kappa shape index (κ2) is 15.4. The minimum atomic E-state index is -0.125. The summed E-state index contributed by atoms with van der Waals surface area (Å²) in [7, 11) is 0. The van der Waals surface area contributed by atoms with Crippen LogP contribution >= 0.6 is 15.9 Å². The van der Waals surface area contributed by atoms with E-state index in [-0.39, 0.29) is 24.3 Å². The lowest BCUT2D eigenvalue weighted by Crippen LogP contribution is -2.65. The Bertz CT molecular complexity index is 3510. The Hall–Kier alpha value is -7.21. The maximum Gasteiger partial charge on any atom is 0.252 e. The zero-order valence-electron chi connectivity index (χ0n) is 39.9. The van der Waals surface area contributed by atoms with Crippen LogP contribution in [0.1, 0.15) is 52.7 Å². The number of hydrogen-bond acceptors (Lipinski definition) is 4. The summed E-state index contributed by atoms with van der Waals surface area (Å²) < 4.78 is 1.07. The molecule has 0 amide bonds. The largest absolute Gasteiger partial charge is 0.311 e. The Balaban J connectivity index is 1.18. The van der Waals surface area contributed by atoms with Crippen molar-refractivity contribution < 1.29 is 0 Å². The molecule has 4 heterocycles. The third kappa shape index (κ3) is 6.43. The third-order valence-electron chi connectivity index (χ3n) is 14.9. The monoisotopic (exact) mass is 952 g/mol. The summed E-state index contributed by atoms with van der Waals surface area (Å²) >= 11 is 4.00. The number of anilines is 12. The molecule has 9 aromatic carbocycles. The average Bonchev–Trinajstić information content (AvgIpc) is 3.36. The summed E-state index contributed by atoms with van der Waals surface area (Å²) in [6.45, 7) is 14.0. The normalized spacial score (nSPS) is 14.1. The first-order valence-electron chi connectivity index (χ1n) is 24.3. The van der Waals surface area contributed by atoms with Gasteiger partial charge >= 0.3 is 0 Å². The Kier molecular flexibility index (Phi) is 9.36. The average molecular weight is 954 g/mol. The summed E-state index contributed by atoms with van der Waals surface area (Å²) in [5.74, 6) is 0. The molecular weight excluding hydrogens is 902 g/mol. The van der Waals surface area contributed by atoms with Crippen LogP contribution in [0.25, 0.3) is 0 Å². The van der Waals surface area contributed by atoms with Gasteiger partial charge in [0.25, 0.3) is 13.4 Å². The molecule has 4 aliphatic heterocycles. The summed E-state index contributed by atoms with van der Waals surface area (Å²) in [6.07, 6.45) is 0. The predicted molar refractivity (Wildman–Crippen MR) is 300 cm³/mol. The number of hydrogen-bond donors (Lipinski definition) is 0. The first-order chi connectivity index (χ1) is 33.4. The Morgan fingerprint density at radius 3 is 1.04 bits per heavy atom. The minimum absolute atomic E-state index is 0.0406. The Labute approximate surface area is 415 Å². The first-order valence-corrected chi connectivity index (χ1v) is 25.1. The highest BCUT2D eigenvalue weighted by Crippen LogP contribution is 2.50. The molecule has 0 aliphatic carbocycles. The van der Waals surface area contributed by atoms with Crippen molar-refractivity contribution in [3.8, 4) is 0 Å². The van der Waals surface area contributed by atoms with Crippen LogP contribution in [0.15, 0.2) is 205 Å². The van der Waals surface area contributed by atoms with Crippen LogP contribution in [0, 0.1) is 0 Å². The second-order valence-corrected chi connectivity index (χ2v) is 22.1. The van der Waals surface area contributed by atoms with E-state index in [4.69, 9.17) is 0 Å². The highest BCUT2D eigenvalue weighted by atomic mass is 79.9. The van der Waals surface area contributed by atoms with Gasteiger partial charge in [-0.2, -0.15) is 0 Å². The second-order valence-electron chi connectivity index (χ2n) is 21.1. The molecule has 0 N–H and O–H groups in total. The van der Waals surface area contributed by atoms with Crippen molar-refractivity contribution in [3.63, 3.8) is 0 Å². The zero-order valence-corrected chi connectivity index (χ0v) is 41.5. The van der Waals surface area contributed by atoms with Crippen molar-refractivity contribution in [3.05, 3.63) is 216 Å². The van der Waals surface area contributed by atoms with Gasteiger partial charge in [-0.25, -0.2) is 0 Å². The van der Waals surface area contributed by atoms with Crippen LogP contribution in [0.3, 0.4) is 0 Å². The van der Waals surface area contributed by atoms with E-state index in [2.05, 4.69) is 277 Å². The minimum Gasteiger partial charge on any atom is -0.311 e. The molecule has 9 aromatic rings. The SMILES string of the molecule is CC(C)(C)c1cc2c3c(c1)N(c1ccccc1)c1cc4c(cc1B3c1ccccc1N2c1ccccc1)B1c2cc(Br)ccc2N(c2ccccc2)c2cc(C(C)(C)C)cc(c21)N4c1ccccc1.